The molecule has 0 saturated heterocycles. The van der Waals surface area contributed by atoms with Crippen LogP contribution in [0.3, 0.4) is 0 Å². The third-order valence-electron chi connectivity index (χ3n) is 3.12. The first-order valence-electron chi connectivity index (χ1n) is 6.77. The Hall–Kier alpha value is -1.67. The number of halogens is 1. The maximum absolute atomic E-state index is 14.0. The molecule has 0 radical (unpaired) electrons. The van der Waals surface area contributed by atoms with E-state index in [2.05, 4.69) is 12.2 Å². The van der Waals surface area contributed by atoms with Crippen molar-refractivity contribution in [2.24, 2.45) is 0 Å². The highest BCUT2D eigenvalue weighted by molar-refractivity contribution is 5.65. The van der Waals surface area contributed by atoms with Gasteiger partial charge in [-0.05, 0) is 43.1 Å². The van der Waals surface area contributed by atoms with Gasteiger partial charge in [-0.15, -0.1) is 0 Å². The second-order valence-electron chi connectivity index (χ2n) is 4.86. The third-order valence-corrected chi connectivity index (χ3v) is 3.12. The Morgan fingerprint density at radius 2 is 1.95 bits per heavy atom. The lowest BCUT2D eigenvalue weighted by molar-refractivity contribution is 0.628. The molecule has 0 spiro atoms. The smallest absolute Gasteiger partial charge is 0.131 e. The molecule has 2 aromatic carbocycles. The first-order valence-corrected chi connectivity index (χ1v) is 6.77. The molecule has 0 aliphatic heterocycles. The Morgan fingerprint density at radius 3 is 2.68 bits per heavy atom. The zero-order valence-electron chi connectivity index (χ0n) is 11.5. The SMILES string of the molecule is CCCNCc1ccc(F)c(-c2cccc(C)c2)c1. The molecular weight excluding hydrogens is 237 g/mol. The van der Waals surface area contributed by atoms with Crippen molar-refractivity contribution >= 4 is 0 Å². The van der Waals surface area contributed by atoms with Crippen LogP contribution in [0.2, 0.25) is 0 Å². The van der Waals surface area contributed by atoms with Crippen molar-refractivity contribution < 1.29 is 4.39 Å². The molecule has 100 valence electrons. The topological polar surface area (TPSA) is 12.0 Å². The summed E-state index contributed by atoms with van der Waals surface area (Å²) in [7, 11) is 0. The van der Waals surface area contributed by atoms with Crippen molar-refractivity contribution in [2.45, 2.75) is 26.8 Å². The standard InChI is InChI=1S/C17H20FN/c1-3-9-19-12-14-7-8-17(18)16(11-14)15-6-4-5-13(2)10-15/h4-8,10-11,19H,3,9,12H2,1-2H3. The molecule has 0 aromatic heterocycles. The van der Waals surface area contributed by atoms with Gasteiger partial charge < -0.3 is 5.32 Å². The number of aryl methyl sites for hydroxylation is 1. The minimum atomic E-state index is -0.162. The molecule has 0 saturated carbocycles. The Bertz CT molecular complexity index is 549. The highest BCUT2D eigenvalue weighted by Crippen LogP contribution is 2.24. The minimum Gasteiger partial charge on any atom is -0.313 e. The van der Waals surface area contributed by atoms with Crippen LogP contribution in [-0.4, -0.2) is 6.54 Å². The van der Waals surface area contributed by atoms with Gasteiger partial charge in [0.2, 0.25) is 0 Å². The predicted octanol–water partition coefficient (Wildman–Crippen LogP) is 4.30. The largest absolute Gasteiger partial charge is 0.313 e. The lowest BCUT2D eigenvalue weighted by atomic mass is 10.0. The van der Waals surface area contributed by atoms with Gasteiger partial charge in [-0.2, -0.15) is 0 Å². The molecular formula is C17H20FN. The summed E-state index contributed by atoms with van der Waals surface area (Å²) in [5, 5.41) is 3.34. The fourth-order valence-corrected chi connectivity index (χ4v) is 2.13. The average Bonchev–Trinajstić information content (AvgIpc) is 2.41. The summed E-state index contributed by atoms with van der Waals surface area (Å²) < 4.78 is 14.0. The molecule has 0 atom stereocenters. The lowest BCUT2D eigenvalue weighted by Gasteiger charge is -2.09. The van der Waals surface area contributed by atoms with Gasteiger partial charge in [0.25, 0.3) is 0 Å². The summed E-state index contributed by atoms with van der Waals surface area (Å²) in [6.07, 6.45) is 1.10. The summed E-state index contributed by atoms with van der Waals surface area (Å²) in [6, 6.07) is 13.3. The molecule has 0 amide bonds. The van der Waals surface area contributed by atoms with E-state index in [4.69, 9.17) is 0 Å². The highest BCUT2D eigenvalue weighted by atomic mass is 19.1. The predicted molar refractivity (Wildman–Crippen MR) is 78.6 cm³/mol. The molecule has 2 rings (SSSR count). The van der Waals surface area contributed by atoms with Gasteiger partial charge in [0.15, 0.2) is 0 Å². The maximum Gasteiger partial charge on any atom is 0.131 e. The number of nitrogens with one attached hydrogen (secondary N) is 1. The second kappa shape index (κ2) is 6.48. The minimum absolute atomic E-state index is 0.162. The molecule has 0 unspecified atom stereocenters. The normalized spacial score (nSPS) is 10.7. The highest BCUT2D eigenvalue weighted by Gasteiger charge is 2.06. The van der Waals surface area contributed by atoms with Crippen molar-refractivity contribution in [1.82, 2.24) is 5.32 Å². The van der Waals surface area contributed by atoms with Gasteiger partial charge >= 0.3 is 0 Å². The Labute approximate surface area is 114 Å². The summed E-state index contributed by atoms with van der Waals surface area (Å²) in [6.45, 7) is 5.92. The molecule has 0 fully saturated rings. The monoisotopic (exact) mass is 257 g/mol. The molecule has 0 heterocycles. The van der Waals surface area contributed by atoms with Gasteiger partial charge in [0.1, 0.15) is 5.82 Å². The van der Waals surface area contributed by atoms with E-state index in [-0.39, 0.29) is 5.82 Å². The van der Waals surface area contributed by atoms with Gasteiger partial charge in [-0.3, -0.25) is 0 Å². The average molecular weight is 257 g/mol. The molecule has 0 bridgehead atoms. The molecule has 1 N–H and O–H groups in total. The van der Waals surface area contributed by atoms with E-state index in [0.717, 1.165) is 36.2 Å². The Morgan fingerprint density at radius 1 is 1.11 bits per heavy atom. The number of benzene rings is 2. The van der Waals surface area contributed by atoms with Crippen LogP contribution in [0.1, 0.15) is 24.5 Å². The van der Waals surface area contributed by atoms with Gasteiger partial charge in [-0.1, -0.05) is 42.8 Å². The summed E-state index contributed by atoms with van der Waals surface area (Å²) in [4.78, 5) is 0. The fourth-order valence-electron chi connectivity index (χ4n) is 2.13. The van der Waals surface area contributed by atoms with Crippen molar-refractivity contribution in [3.63, 3.8) is 0 Å². The van der Waals surface area contributed by atoms with Crippen LogP contribution >= 0.6 is 0 Å². The lowest BCUT2D eigenvalue weighted by Crippen LogP contribution is -2.13. The number of rotatable bonds is 5. The van der Waals surface area contributed by atoms with Gasteiger partial charge in [0.05, 0.1) is 0 Å². The number of hydrogen-bond donors (Lipinski definition) is 1. The van der Waals surface area contributed by atoms with Crippen LogP contribution in [0.5, 0.6) is 0 Å². The molecule has 0 aliphatic rings. The first-order chi connectivity index (χ1) is 9.20. The molecule has 1 nitrogen and oxygen atoms in total. The Kier molecular flexibility index (Phi) is 4.69. The summed E-state index contributed by atoms with van der Waals surface area (Å²) in [5.41, 5.74) is 3.88. The van der Waals surface area contributed by atoms with Crippen LogP contribution in [0.4, 0.5) is 4.39 Å². The zero-order valence-corrected chi connectivity index (χ0v) is 11.5. The van der Waals surface area contributed by atoms with Crippen molar-refractivity contribution in [1.29, 1.82) is 0 Å². The van der Waals surface area contributed by atoms with E-state index in [1.165, 1.54) is 0 Å². The van der Waals surface area contributed by atoms with Crippen molar-refractivity contribution in [3.8, 4) is 11.1 Å². The molecule has 19 heavy (non-hydrogen) atoms. The Balaban J connectivity index is 2.26. The fraction of sp³-hybridized carbons (Fsp3) is 0.294. The molecule has 0 aliphatic carbocycles. The maximum atomic E-state index is 14.0. The van der Waals surface area contributed by atoms with Crippen LogP contribution in [0.25, 0.3) is 11.1 Å². The second-order valence-corrected chi connectivity index (χ2v) is 4.86. The van der Waals surface area contributed by atoms with Crippen LogP contribution in [-0.2, 0) is 6.54 Å². The summed E-state index contributed by atoms with van der Waals surface area (Å²) >= 11 is 0. The van der Waals surface area contributed by atoms with Crippen molar-refractivity contribution in [2.75, 3.05) is 6.54 Å². The van der Waals surface area contributed by atoms with E-state index in [0.29, 0.717) is 5.56 Å². The third kappa shape index (κ3) is 3.65. The first kappa shape index (κ1) is 13.8. The quantitative estimate of drug-likeness (QED) is 0.787. The van der Waals surface area contributed by atoms with Gasteiger partial charge in [0, 0.05) is 12.1 Å². The van der Waals surface area contributed by atoms with E-state index in [1.807, 2.05) is 43.3 Å². The molecule has 2 aromatic rings. The van der Waals surface area contributed by atoms with E-state index >= 15 is 0 Å². The molecule has 2 heteroatoms. The van der Waals surface area contributed by atoms with Crippen molar-refractivity contribution in [3.05, 3.63) is 59.4 Å². The number of hydrogen-bond acceptors (Lipinski definition) is 1. The summed E-state index contributed by atoms with van der Waals surface area (Å²) in [5.74, 6) is -0.162. The van der Waals surface area contributed by atoms with Crippen LogP contribution in [0, 0.1) is 12.7 Å². The van der Waals surface area contributed by atoms with Gasteiger partial charge in [-0.25, -0.2) is 4.39 Å². The van der Waals surface area contributed by atoms with Crippen LogP contribution < -0.4 is 5.32 Å². The zero-order chi connectivity index (χ0) is 13.7. The van der Waals surface area contributed by atoms with E-state index in [9.17, 15) is 4.39 Å². The van der Waals surface area contributed by atoms with E-state index in [1.54, 1.807) is 6.07 Å². The van der Waals surface area contributed by atoms with Crippen LogP contribution in [0.15, 0.2) is 42.5 Å². The van der Waals surface area contributed by atoms with E-state index < -0.39 is 0 Å².